The zero-order valence-electron chi connectivity index (χ0n) is 8.57. The molecular weight excluding hydrogens is 188 g/mol. The zero-order valence-corrected chi connectivity index (χ0v) is 9.39. The molecule has 0 aliphatic rings. The molecule has 0 saturated carbocycles. The maximum absolute atomic E-state index is 3.78. The Kier molecular flexibility index (Phi) is 5.16. The van der Waals surface area contributed by atoms with Gasteiger partial charge in [-0.2, -0.15) is 0 Å². The average Bonchev–Trinajstić information content (AvgIpc) is 2.25. The van der Waals surface area contributed by atoms with Crippen molar-refractivity contribution in [3.8, 4) is 0 Å². The summed E-state index contributed by atoms with van der Waals surface area (Å²) in [5.41, 5.74) is 2.65. The molecule has 1 rings (SSSR count). The van der Waals surface area contributed by atoms with E-state index < -0.39 is 0 Å². The second kappa shape index (κ2) is 6.50. The van der Waals surface area contributed by atoms with Gasteiger partial charge in [-0.15, -0.1) is 18.3 Å². The van der Waals surface area contributed by atoms with Crippen molar-refractivity contribution in [3.63, 3.8) is 0 Å². The molecule has 0 aliphatic carbocycles. The van der Waals surface area contributed by atoms with E-state index in [9.17, 15) is 0 Å². The van der Waals surface area contributed by atoms with Crippen LogP contribution in [0.5, 0.6) is 0 Å². The third kappa shape index (κ3) is 3.43. The van der Waals surface area contributed by atoms with Crippen LogP contribution in [0.15, 0.2) is 48.4 Å². The molecule has 0 bridgehead atoms. The molecule has 0 nitrogen and oxygen atoms in total. The van der Waals surface area contributed by atoms with Gasteiger partial charge in [0.1, 0.15) is 0 Å². The standard InChI is InChI=1S/C13H16S/c1-3-8-13(11-14-4-2)12-9-6-5-7-10-12/h3,5-7,9-11H,1,4,8H2,2H3/b13-11-. The van der Waals surface area contributed by atoms with E-state index in [1.165, 1.54) is 11.1 Å². The van der Waals surface area contributed by atoms with Gasteiger partial charge in [-0.1, -0.05) is 43.3 Å². The van der Waals surface area contributed by atoms with Crippen LogP contribution >= 0.6 is 11.8 Å². The van der Waals surface area contributed by atoms with Crippen molar-refractivity contribution in [2.24, 2.45) is 0 Å². The predicted molar refractivity (Wildman–Crippen MR) is 67.4 cm³/mol. The van der Waals surface area contributed by atoms with Gasteiger partial charge in [0.15, 0.2) is 0 Å². The summed E-state index contributed by atoms with van der Waals surface area (Å²) in [7, 11) is 0. The summed E-state index contributed by atoms with van der Waals surface area (Å²) in [4.78, 5) is 0. The molecule has 1 heteroatoms. The Morgan fingerprint density at radius 3 is 2.64 bits per heavy atom. The zero-order chi connectivity index (χ0) is 10.2. The highest BCUT2D eigenvalue weighted by molar-refractivity contribution is 8.02. The number of thioether (sulfide) groups is 1. The summed E-state index contributed by atoms with van der Waals surface area (Å²) >= 11 is 1.84. The van der Waals surface area contributed by atoms with Gasteiger partial charge < -0.3 is 0 Å². The van der Waals surface area contributed by atoms with Crippen molar-refractivity contribution >= 4 is 17.3 Å². The van der Waals surface area contributed by atoms with Crippen molar-refractivity contribution in [1.29, 1.82) is 0 Å². The lowest BCUT2D eigenvalue weighted by Crippen LogP contribution is -1.81. The Hall–Kier alpha value is -0.950. The summed E-state index contributed by atoms with van der Waals surface area (Å²) < 4.78 is 0. The van der Waals surface area contributed by atoms with E-state index in [1.807, 2.05) is 23.9 Å². The first-order valence-electron chi connectivity index (χ1n) is 4.85. The van der Waals surface area contributed by atoms with E-state index in [0.717, 1.165) is 12.2 Å². The lowest BCUT2D eigenvalue weighted by molar-refractivity contribution is 1.41. The molecule has 1 aromatic carbocycles. The number of hydrogen-bond acceptors (Lipinski definition) is 1. The fraction of sp³-hybridized carbons (Fsp3) is 0.231. The molecule has 74 valence electrons. The highest BCUT2D eigenvalue weighted by Gasteiger charge is 1.97. The molecule has 0 amide bonds. The van der Waals surface area contributed by atoms with Crippen LogP contribution in [-0.2, 0) is 0 Å². The van der Waals surface area contributed by atoms with Crippen LogP contribution in [0.1, 0.15) is 18.9 Å². The number of rotatable bonds is 5. The molecule has 0 heterocycles. The van der Waals surface area contributed by atoms with Crippen LogP contribution in [0.2, 0.25) is 0 Å². The van der Waals surface area contributed by atoms with E-state index in [1.54, 1.807) is 0 Å². The lowest BCUT2D eigenvalue weighted by Gasteiger charge is -2.04. The molecule has 0 aromatic heterocycles. The number of benzene rings is 1. The second-order valence-electron chi connectivity index (χ2n) is 2.96. The molecule has 14 heavy (non-hydrogen) atoms. The van der Waals surface area contributed by atoms with E-state index >= 15 is 0 Å². The largest absolute Gasteiger partial charge is 0.134 e. The molecule has 1 aromatic rings. The minimum atomic E-state index is 0.941. The maximum Gasteiger partial charge on any atom is -0.00543 e. The van der Waals surface area contributed by atoms with E-state index in [2.05, 4.69) is 43.2 Å². The van der Waals surface area contributed by atoms with Crippen molar-refractivity contribution in [3.05, 3.63) is 54.0 Å². The third-order valence-corrected chi connectivity index (χ3v) is 2.69. The van der Waals surface area contributed by atoms with Crippen LogP contribution in [0.25, 0.3) is 5.57 Å². The molecule has 0 fully saturated rings. The van der Waals surface area contributed by atoms with E-state index in [0.29, 0.717) is 0 Å². The van der Waals surface area contributed by atoms with Gasteiger partial charge in [0.2, 0.25) is 0 Å². The molecule has 0 spiro atoms. The van der Waals surface area contributed by atoms with E-state index in [-0.39, 0.29) is 0 Å². The van der Waals surface area contributed by atoms with Gasteiger partial charge >= 0.3 is 0 Å². The van der Waals surface area contributed by atoms with Crippen molar-refractivity contribution < 1.29 is 0 Å². The molecule has 0 N–H and O–H groups in total. The fourth-order valence-corrected chi connectivity index (χ4v) is 1.83. The SMILES string of the molecule is C=CC/C(=C/SCC)c1ccccc1. The molecular formula is C13H16S. The summed E-state index contributed by atoms with van der Waals surface area (Å²) in [5.74, 6) is 1.12. The van der Waals surface area contributed by atoms with Crippen LogP contribution in [0.3, 0.4) is 0 Å². The first-order valence-corrected chi connectivity index (χ1v) is 5.90. The van der Waals surface area contributed by atoms with Gasteiger partial charge in [0.25, 0.3) is 0 Å². The van der Waals surface area contributed by atoms with Gasteiger partial charge in [-0.25, -0.2) is 0 Å². The first-order chi connectivity index (χ1) is 6.88. The average molecular weight is 204 g/mol. The summed E-state index contributed by atoms with van der Waals surface area (Å²) in [6.45, 7) is 5.95. The predicted octanol–water partition coefficient (Wildman–Crippen LogP) is 4.36. The molecule has 0 atom stereocenters. The van der Waals surface area contributed by atoms with Crippen molar-refractivity contribution in [1.82, 2.24) is 0 Å². The fourth-order valence-electron chi connectivity index (χ4n) is 1.23. The molecule has 0 radical (unpaired) electrons. The number of hydrogen-bond donors (Lipinski definition) is 0. The molecule has 0 unspecified atom stereocenters. The Balaban J connectivity index is 2.82. The quantitative estimate of drug-likeness (QED) is 0.642. The van der Waals surface area contributed by atoms with Gasteiger partial charge in [-0.05, 0) is 28.7 Å². The van der Waals surface area contributed by atoms with Crippen LogP contribution in [-0.4, -0.2) is 5.75 Å². The van der Waals surface area contributed by atoms with Gasteiger partial charge in [-0.3, -0.25) is 0 Å². The summed E-state index contributed by atoms with van der Waals surface area (Å²) in [6, 6.07) is 10.5. The summed E-state index contributed by atoms with van der Waals surface area (Å²) in [5, 5.41) is 2.23. The van der Waals surface area contributed by atoms with Crippen LogP contribution in [0.4, 0.5) is 0 Å². The smallest absolute Gasteiger partial charge is 0.00543 e. The monoisotopic (exact) mass is 204 g/mol. The Labute approximate surface area is 90.7 Å². The van der Waals surface area contributed by atoms with Gasteiger partial charge in [0, 0.05) is 0 Å². The van der Waals surface area contributed by atoms with Crippen molar-refractivity contribution in [2.45, 2.75) is 13.3 Å². The topological polar surface area (TPSA) is 0 Å². The van der Waals surface area contributed by atoms with Gasteiger partial charge in [0.05, 0.1) is 0 Å². The Morgan fingerprint density at radius 1 is 1.36 bits per heavy atom. The first kappa shape index (κ1) is 11.1. The Morgan fingerprint density at radius 2 is 2.07 bits per heavy atom. The van der Waals surface area contributed by atoms with Crippen LogP contribution in [0, 0.1) is 0 Å². The summed E-state index contributed by atoms with van der Waals surface area (Å²) in [6.07, 6.45) is 2.89. The third-order valence-electron chi connectivity index (χ3n) is 1.90. The number of allylic oxidation sites excluding steroid dienone is 2. The lowest BCUT2D eigenvalue weighted by atomic mass is 10.1. The maximum atomic E-state index is 3.78. The second-order valence-corrected chi connectivity index (χ2v) is 4.10. The Bertz CT molecular complexity index is 298. The normalized spacial score (nSPS) is 11.4. The molecule has 0 aliphatic heterocycles. The minimum absolute atomic E-state index is 0.941. The van der Waals surface area contributed by atoms with E-state index in [4.69, 9.17) is 0 Å². The molecule has 0 saturated heterocycles. The van der Waals surface area contributed by atoms with Crippen LogP contribution < -0.4 is 0 Å². The highest BCUT2D eigenvalue weighted by atomic mass is 32.2. The highest BCUT2D eigenvalue weighted by Crippen LogP contribution is 2.21. The van der Waals surface area contributed by atoms with Crippen molar-refractivity contribution in [2.75, 3.05) is 5.75 Å². The minimum Gasteiger partial charge on any atom is -0.134 e.